The Labute approximate surface area is 130 Å². The topological polar surface area (TPSA) is 24.5 Å². The van der Waals surface area contributed by atoms with Crippen LogP contribution in [0.15, 0.2) is 0 Å². The molecule has 0 amide bonds. The Balaban J connectivity index is 1.34. The second kappa shape index (κ2) is 8.50. The van der Waals surface area contributed by atoms with Crippen LogP contribution in [-0.2, 0) is 4.74 Å². The Kier molecular flexibility index (Phi) is 6.38. The van der Waals surface area contributed by atoms with Crippen molar-refractivity contribution in [2.75, 3.05) is 39.4 Å². The molecule has 3 heteroatoms. The second-order valence-corrected chi connectivity index (χ2v) is 7.48. The highest BCUT2D eigenvalue weighted by Gasteiger charge is 2.26. The van der Waals surface area contributed by atoms with E-state index in [2.05, 4.69) is 10.2 Å². The quantitative estimate of drug-likeness (QED) is 0.730. The molecule has 3 aliphatic rings. The van der Waals surface area contributed by atoms with Gasteiger partial charge in [-0.15, -0.1) is 0 Å². The van der Waals surface area contributed by atoms with Crippen LogP contribution in [0.1, 0.15) is 57.8 Å². The van der Waals surface area contributed by atoms with E-state index < -0.39 is 0 Å². The summed E-state index contributed by atoms with van der Waals surface area (Å²) < 4.78 is 5.78. The van der Waals surface area contributed by atoms with Gasteiger partial charge in [-0.1, -0.05) is 19.3 Å². The van der Waals surface area contributed by atoms with Crippen molar-refractivity contribution in [3.63, 3.8) is 0 Å². The van der Waals surface area contributed by atoms with Gasteiger partial charge in [-0.05, 0) is 63.5 Å². The van der Waals surface area contributed by atoms with Crippen molar-refractivity contribution < 1.29 is 4.74 Å². The van der Waals surface area contributed by atoms with E-state index in [0.29, 0.717) is 0 Å². The Morgan fingerprint density at radius 1 is 1.00 bits per heavy atom. The Bertz CT molecular complexity index is 287. The van der Waals surface area contributed by atoms with Gasteiger partial charge in [-0.2, -0.15) is 0 Å². The molecule has 1 saturated heterocycles. The van der Waals surface area contributed by atoms with Crippen molar-refractivity contribution >= 4 is 0 Å². The molecule has 2 saturated carbocycles. The molecule has 21 heavy (non-hydrogen) atoms. The van der Waals surface area contributed by atoms with Crippen molar-refractivity contribution in [2.24, 2.45) is 11.8 Å². The maximum atomic E-state index is 5.78. The largest absolute Gasteiger partial charge is 0.381 e. The Morgan fingerprint density at radius 3 is 2.67 bits per heavy atom. The van der Waals surface area contributed by atoms with Crippen molar-refractivity contribution in [1.29, 1.82) is 0 Å². The van der Waals surface area contributed by atoms with Crippen LogP contribution in [0.5, 0.6) is 0 Å². The normalized spacial score (nSPS) is 29.4. The molecule has 2 aliphatic carbocycles. The Hall–Kier alpha value is -0.120. The van der Waals surface area contributed by atoms with Gasteiger partial charge in [0.15, 0.2) is 0 Å². The maximum Gasteiger partial charge on any atom is 0.0494 e. The minimum Gasteiger partial charge on any atom is -0.381 e. The van der Waals surface area contributed by atoms with Crippen molar-refractivity contribution in [1.82, 2.24) is 10.2 Å². The van der Waals surface area contributed by atoms with Crippen LogP contribution in [-0.4, -0.2) is 50.3 Å². The van der Waals surface area contributed by atoms with Crippen LogP contribution in [0.3, 0.4) is 0 Å². The molecule has 0 aromatic rings. The molecule has 0 spiro atoms. The average Bonchev–Trinajstić information content (AvgIpc) is 3.35. The number of hydrogen-bond acceptors (Lipinski definition) is 3. The van der Waals surface area contributed by atoms with Crippen LogP contribution in [0, 0.1) is 11.8 Å². The smallest absolute Gasteiger partial charge is 0.0494 e. The third kappa shape index (κ3) is 5.54. The van der Waals surface area contributed by atoms with Crippen LogP contribution in [0.2, 0.25) is 0 Å². The third-order valence-corrected chi connectivity index (χ3v) is 5.54. The predicted molar refractivity (Wildman–Crippen MR) is 87.6 cm³/mol. The molecule has 3 fully saturated rings. The first-order valence-corrected chi connectivity index (χ1v) is 9.45. The standard InChI is InChI=1S/C18H34N2O/c1-2-6-17(7-3-1)18-14-20(11-4-10-19-18)12-5-13-21-15-16-8-9-16/h16-19H,1-15H2. The molecule has 0 bridgehead atoms. The molecule has 0 radical (unpaired) electrons. The van der Waals surface area contributed by atoms with E-state index in [0.717, 1.165) is 31.1 Å². The average molecular weight is 294 g/mol. The molecule has 1 heterocycles. The predicted octanol–water partition coefficient (Wildman–Crippen LogP) is 3.05. The number of nitrogens with one attached hydrogen (secondary N) is 1. The Morgan fingerprint density at radius 2 is 1.86 bits per heavy atom. The first-order chi connectivity index (χ1) is 10.4. The fourth-order valence-electron chi connectivity index (χ4n) is 4.00. The molecule has 1 aliphatic heterocycles. The number of rotatable bonds is 7. The molecule has 1 unspecified atom stereocenters. The van der Waals surface area contributed by atoms with Gasteiger partial charge in [-0.3, -0.25) is 0 Å². The maximum absolute atomic E-state index is 5.78. The molecular formula is C18H34N2O. The van der Waals surface area contributed by atoms with E-state index in [1.807, 2.05) is 0 Å². The second-order valence-electron chi connectivity index (χ2n) is 7.48. The van der Waals surface area contributed by atoms with E-state index >= 15 is 0 Å². The highest BCUT2D eigenvalue weighted by Crippen LogP contribution is 2.29. The van der Waals surface area contributed by atoms with E-state index in [9.17, 15) is 0 Å². The van der Waals surface area contributed by atoms with Gasteiger partial charge in [-0.25, -0.2) is 0 Å². The van der Waals surface area contributed by atoms with Gasteiger partial charge in [0.2, 0.25) is 0 Å². The van der Waals surface area contributed by atoms with E-state index in [-0.39, 0.29) is 0 Å². The minimum absolute atomic E-state index is 0.750. The van der Waals surface area contributed by atoms with Crippen molar-refractivity contribution in [3.8, 4) is 0 Å². The summed E-state index contributed by atoms with van der Waals surface area (Å²) in [5.41, 5.74) is 0. The zero-order valence-corrected chi connectivity index (χ0v) is 13.7. The van der Waals surface area contributed by atoms with Gasteiger partial charge in [0.25, 0.3) is 0 Å². The summed E-state index contributed by atoms with van der Waals surface area (Å²) in [6.45, 7) is 6.98. The van der Waals surface area contributed by atoms with Crippen LogP contribution < -0.4 is 5.32 Å². The summed E-state index contributed by atoms with van der Waals surface area (Å²) in [5.74, 6) is 1.84. The lowest BCUT2D eigenvalue weighted by Gasteiger charge is -2.33. The summed E-state index contributed by atoms with van der Waals surface area (Å²) in [4.78, 5) is 2.69. The number of ether oxygens (including phenoxy) is 1. The summed E-state index contributed by atoms with van der Waals surface area (Å²) in [5, 5.41) is 3.83. The zero-order valence-electron chi connectivity index (χ0n) is 13.7. The molecular weight excluding hydrogens is 260 g/mol. The summed E-state index contributed by atoms with van der Waals surface area (Å²) >= 11 is 0. The monoisotopic (exact) mass is 294 g/mol. The first-order valence-electron chi connectivity index (χ1n) is 9.45. The van der Waals surface area contributed by atoms with Crippen molar-refractivity contribution in [3.05, 3.63) is 0 Å². The lowest BCUT2D eigenvalue weighted by molar-refractivity contribution is 0.110. The lowest BCUT2D eigenvalue weighted by atomic mass is 9.83. The number of hydrogen-bond donors (Lipinski definition) is 1. The lowest BCUT2D eigenvalue weighted by Crippen LogP contribution is -2.44. The number of nitrogens with zero attached hydrogens (tertiary/aromatic N) is 1. The highest BCUT2D eigenvalue weighted by molar-refractivity contribution is 4.84. The molecule has 1 N–H and O–H groups in total. The fraction of sp³-hybridized carbons (Fsp3) is 1.00. The molecule has 0 aromatic heterocycles. The van der Waals surface area contributed by atoms with E-state index in [1.54, 1.807) is 0 Å². The van der Waals surface area contributed by atoms with E-state index in [4.69, 9.17) is 4.74 Å². The van der Waals surface area contributed by atoms with Crippen LogP contribution >= 0.6 is 0 Å². The van der Waals surface area contributed by atoms with Gasteiger partial charge in [0, 0.05) is 32.3 Å². The summed E-state index contributed by atoms with van der Waals surface area (Å²) in [6, 6.07) is 0.750. The zero-order chi connectivity index (χ0) is 14.3. The highest BCUT2D eigenvalue weighted by atomic mass is 16.5. The molecule has 3 nitrogen and oxygen atoms in total. The SMILES string of the molecule is C1CCC(C2CN(CCCOCC3CC3)CCCN2)CC1. The van der Waals surface area contributed by atoms with Crippen LogP contribution in [0.25, 0.3) is 0 Å². The molecule has 3 rings (SSSR count). The van der Waals surface area contributed by atoms with Crippen LogP contribution in [0.4, 0.5) is 0 Å². The molecule has 0 aromatic carbocycles. The van der Waals surface area contributed by atoms with E-state index in [1.165, 1.54) is 84.0 Å². The van der Waals surface area contributed by atoms with Crippen molar-refractivity contribution in [2.45, 2.75) is 63.8 Å². The molecule has 1 atom stereocenters. The third-order valence-electron chi connectivity index (χ3n) is 5.54. The van der Waals surface area contributed by atoms with Gasteiger partial charge in [0.05, 0.1) is 0 Å². The fourth-order valence-corrected chi connectivity index (χ4v) is 4.00. The minimum atomic E-state index is 0.750. The summed E-state index contributed by atoms with van der Waals surface area (Å²) in [6.07, 6.45) is 12.6. The first kappa shape index (κ1) is 15.8. The van der Waals surface area contributed by atoms with Gasteiger partial charge >= 0.3 is 0 Å². The summed E-state index contributed by atoms with van der Waals surface area (Å²) in [7, 11) is 0. The molecule has 122 valence electrons. The van der Waals surface area contributed by atoms with Gasteiger partial charge in [0.1, 0.15) is 0 Å². The van der Waals surface area contributed by atoms with Gasteiger partial charge < -0.3 is 15.0 Å².